The number of benzene rings is 1. The number of nitrogens with zero attached hydrogens (tertiary/aromatic N) is 1. The second-order valence-electron chi connectivity index (χ2n) is 5.01. The van der Waals surface area contributed by atoms with Gasteiger partial charge in [0.05, 0.1) is 0 Å². The molecule has 21 heavy (non-hydrogen) atoms. The number of rotatable bonds is 6. The highest BCUT2D eigenvalue weighted by molar-refractivity contribution is 5.90. The topological polar surface area (TPSA) is 75.4 Å². The molecule has 0 unspecified atom stereocenters. The number of carbonyl (C=O) groups is 2. The Morgan fingerprint density at radius 3 is 2.57 bits per heavy atom. The van der Waals surface area contributed by atoms with Crippen LogP contribution in [-0.2, 0) is 16.0 Å². The van der Waals surface area contributed by atoms with E-state index in [0.717, 1.165) is 6.42 Å². The number of hydrogen-bond acceptors (Lipinski definition) is 3. The molecule has 2 amide bonds. The Bertz CT molecular complexity index is 467. The van der Waals surface area contributed by atoms with Crippen LogP contribution >= 0.6 is 12.4 Å². The van der Waals surface area contributed by atoms with Gasteiger partial charge < -0.3 is 16.0 Å². The van der Waals surface area contributed by atoms with E-state index in [1.807, 2.05) is 30.3 Å². The van der Waals surface area contributed by atoms with Crippen LogP contribution in [0.4, 0.5) is 0 Å². The fourth-order valence-electron chi connectivity index (χ4n) is 2.42. The molecule has 0 aliphatic carbocycles. The molecular formula is C15H22ClN3O2. The van der Waals surface area contributed by atoms with E-state index in [0.29, 0.717) is 32.5 Å². The highest BCUT2D eigenvalue weighted by Gasteiger charge is 2.30. The second-order valence-corrected chi connectivity index (χ2v) is 5.01. The fraction of sp³-hybridized carbons (Fsp3) is 0.467. The van der Waals surface area contributed by atoms with Gasteiger partial charge in [0.25, 0.3) is 0 Å². The Morgan fingerprint density at radius 1 is 1.29 bits per heavy atom. The van der Waals surface area contributed by atoms with Gasteiger partial charge in [0, 0.05) is 26.1 Å². The zero-order valence-corrected chi connectivity index (χ0v) is 12.8. The number of carbonyl (C=O) groups excluding carboxylic acids is 2. The molecule has 0 saturated carbocycles. The van der Waals surface area contributed by atoms with Crippen molar-refractivity contribution in [3.8, 4) is 0 Å². The fourth-order valence-corrected chi connectivity index (χ4v) is 2.42. The molecule has 2 rings (SSSR count). The molecule has 1 aromatic rings. The summed E-state index contributed by atoms with van der Waals surface area (Å²) in [6, 6.07) is 9.67. The second kappa shape index (κ2) is 8.64. The molecule has 0 spiro atoms. The molecule has 1 saturated heterocycles. The van der Waals surface area contributed by atoms with Crippen molar-refractivity contribution in [2.24, 2.45) is 5.73 Å². The van der Waals surface area contributed by atoms with Gasteiger partial charge in [-0.1, -0.05) is 30.3 Å². The van der Waals surface area contributed by atoms with Gasteiger partial charge in [0.2, 0.25) is 11.8 Å². The molecule has 1 heterocycles. The number of nitrogens with two attached hydrogens (primary N) is 1. The average Bonchev–Trinajstić information content (AvgIpc) is 2.90. The summed E-state index contributed by atoms with van der Waals surface area (Å²) in [6.45, 7) is 1.59. The summed E-state index contributed by atoms with van der Waals surface area (Å²) >= 11 is 0. The van der Waals surface area contributed by atoms with E-state index in [2.05, 4.69) is 5.32 Å². The van der Waals surface area contributed by atoms with Gasteiger partial charge in [-0.15, -0.1) is 12.4 Å². The first-order valence-electron chi connectivity index (χ1n) is 7.03. The zero-order valence-electron chi connectivity index (χ0n) is 12.0. The van der Waals surface area contributed by atoms with Crippen LogP contribution < -0.4 is 11.1 Å². The van der Waals surface area contributed by atoms with Crippen molar-refractivity contribution in [3.63, 3.8) is 0 Å². The smallest absolute Gasteiger partial charge is 0.245 e. The lowest BCUT2D eigenvalue weighted by Crippen LogP contribution is -2.46. The minimum atomic E-state index is -0.371. The molecule has 1 fully saturated rings. The van der Waals surface area contributed by atoms with Crippen LogP contribution in [0.15, 0.2) is 30.3 Å². The van der Waals surface area contributed by atoms with Gasteiger partial charge >= 0.3 is 0 Å². The third-order valence-electron chi connectivity index (χ3n) is 3.52. The first-order valence-corrected chi connectivity index (χ1v) is 7.03. The van der Waals surface area contributed by atoms with Crippen molar-refractivity contribution < 1.29 is 9.59 Å². The predicted octanol–water partition coefficient (Wildman–Crippen LogP) is 0.717. The Labute approximate surface area is 131 Å². The van der Waals surface area contributed by atoms with E-state index in [1.165, 1.54) is 5.56 Å². The van der Waals surface area contributed by atoms with Gasteiger partial charge in [-0.25, -0.2) is 0 Å². The lowest BCUT2D eigenvalue weighted by molar-refractivity contribution is -0.134. The molecule has 6 heteroatoms. The summed E-state index contributed by atoms with van der Waals surface area (Å²) in [4.78, 5) is 25.3. The van der Waals surface area contributed by atoms with Crippen molar-refractivity contribution in [3.05, 3.63) is 35.9 Å². The molecule has 0 bridgehead atoms. The van der Waals surface area contributed by atoms with E-state index < -0.39 is 0 Å². The third kappa shape index (κ3) is 5.02. The van der Waals surface area contributed by atoms with Crippen molar-refractivity contribution in [2.45, 2.75) is 25.3 Å². The monoisotopic (exact) mass is 311 g/mol. The highest BCUT2D eigenvalue weighted by Crippen LogP contribution is 2.10. The zero-order chi connectivity index (χ0) is 14.4. The molecule has 116 valence electrons. The number of nitrogens with one attached hydrogen (secondary N) is 1. The maximum Gasteiger partial charge on any atom is 0.245 e. The molecular weight excluding hydrogens is 290 g/mol. The van der Waals surface area contributed by atoms with Crippen molar-refractivity contribution in [1.82, 2.24) is 10.2 Å². The van der Waals surface area contributed by atoms with Crippen LogP contribution in [0.25, 0.3) is 0 Å². The number of halogens is 1. The molecule has 1 aliphatic rings. The van der Waals surface area contributed by atoms with Crippen LogP contribution in [0, 0.1) is 0 Å². The van der Waals surface area contributed by atoms with Crippen LogP contribution in [0.2, 0.25) is 0 Å². The van der Waals surface area contributed by atoms with Crippen molar-refractivity contribution >= 4 is 24.2 Å². The number of hydrogen-bond donors (Lipinski definition) is 2. The maximum absolute atomic E-state index is 12.4. The summed E-state index contributed by atoms with van der Waals surface area (Å²) in [5.74, 6) is -0.0589. The summed E-state index contributed by atoms with van der Waals surface area (Å²) in [5.41, 5.74) is 6.77. The SMILES string of the molecule is Cl.NCCN(CCc1ccccc1)C(=O)[C@H]1CCC(=O)N1. The quantitative estimate of drug-likeness (QED) is 0.813. The largest absolute Gasteiger partial charge is 0.344 e. The van der Waals surface area contributed by atoms with Crippen molar-refractivity contribution in [1.29, 1.82) is 0 Å². The minimum absolute atomic E-state index is 0. The predicted molar refractivity (Wildman–Crippen MR) is 84.2 cm³/mol. The summed E-state index contributed by atoms with van der Waals surface area (Å²) in [5, 5.41) is 2.72. The highest BCUT2D eigenvalue weighted by atomic mass is 35.5. The van der Waals surface area contributed by atoms with Gasteiger partial charge in [0.15, 0.2) is 0 Å². The number of amides is 2. The summed E-state index contributed by atoms with van der Waals surface area (Å²) in [7, 11) is 0. The Morgan fingerprint density at radius 2 is 2.00 bits per heavy atom. The standard InChI is InChI=1S/C15H21N3O2.ClH/c16-9-11-18(10-8-12-4-2-1-3-5-12)15(20)13-6-7-14(19)17-13;/h1-5,13H,6-11,16H2,(H,17,19);1H/t13-;/m1./s1. The van der Waals surface area contributed by atoms with Crippen LogP contribution in [0.5, 0.6) is 0 Å². The Kier molecular flexibility index (Phi) is 7.19. The van der Waals surface area contributed by atoms with E-state index >= 15 is 0 Å². The Balaban J connectivity index is 0.00000220. The van der Waals surface area contributed by atoms with E-state index in [9.17, 15) is 9.59 Å². The Hall–Kier alpha value is -1.59. The maximum atomic E-state index is 12.4. The molecule has 1 aromatic carbocycles. The summed E-state index contributed by atoms with van der Waals surface area (Å²) < 4.78 is 0. The van der Waals surface area contributed by atoms with Crippen LogP contribution in [0.1, 0.15) is 18.4 Å². The summed E-state index contributed by atoms with van der Waals surface area (Å²) in [6.07, 6.45) is 1.82. The molecule has 0 aromatic heterocycles. The van der Waals surface area contributed by atoms with E-state index in [-0.39, 0.29) is 30.3 Å². The lowest BCUT2D eigenvalue weighted by Gasteiger charge is -2.25. The average molecular weight is 312 g/mol. The molecule has 1 aliphatic heterocycles. The van der Waals surface area contributed by atoms with Crippen molar-refractivity contribution in [2.75, 3.05) is 19.6 Å². The van der Waals surface area contributed by atoms with E-state index in [1.54, 1.807) is 4.90 Å². The third-order valence-corrected chi connectivity index (χ3v) is 3.52. The van der Waals surface area contributed by atoms with Crippen LogP contribution in [-0.4, -0.2) is 42.4 Å². The first kappa shape index (κ1) is 17.5. The van der Waals surface area contributed by atoms with Gasteiger partial charge in [-0.05, 0) is 18.4 Å². The molecule has 0 radical (unpaired) electrons. The first-order chi connectivity index (χ1) is 9.70. The van der Waals surface area contributed by atoms with E-state index in [4.69, 9.17) is 5.73 Å². The van der Waals surface area contributed by atoms with Gasteiger partial charge in [-0.3, -0.25) is 9.59 Å². The van der Waals surface area contributed by atoms with Crippen LogP contribution in [0.3, 0.4) is 0 Å². The molecule has 1 atom stereocenters. The van der Waals surface area contributed by atoms with Gasteiger partial charge in [0.1, 0.15) is 6.04 Å². The molecule has 5 nitrogen and oxygen atoms in total. The van der Waals surface area contributed by atoms with Gasteiger partial charge in [-0.2, -0.15) is 0 Å². The lowest BCUT2D eigenvalue weighted by atomic mass is 10.1. The molecule has 3 N–H and O–H groups in total. The normalized spacial score (nSPS) is 17.0. The minimum Gasteiger partial charge on any atom is -0.344 e.